The van der Waals surface area contributed by atoms with E-state index in [0.29, 0.717) is 18.4 Å². The summed E-state index contributed by atoms with van der Waals surface area (Å²) in [5.41, 5.74) is 5.23. The molecule has 96 valence electrons. The number of aliphatic carboxylic acids is 1. The molecule has 1 saturated carbocycles. The zero-order valence-corrected chi connectivity index (χ0v) is 10.1. The van der Waals surface area contributed by atoms with Crippen molar-refractivity contribution in [3.63, 3.8) is 0 Å². The molecule has 1 amide bonds. The third-order valence-corrected chi connectivity index (χ3v) is 3.38. The van der Waals surface area contributed by atoms with E-state index >= 15 is 0 Å². The predicted octanol–water partition coefficient (Wildman–Crippen LogP) is 0.908. The summed E-state index contributed by atoms with van der Waals surface area (Å²) in [6, 6.07) is 1.67. The molecule has 0 saturated heterocycles. The summed E-state index contributed by atoms with van der Waals surface area (Å²) in [6.45, 7) is 1.74. The third-order valence-electron chi connectivity index (χ3n) is 3.38. The van der Waals surface area contributed by atoms with Crippen LogP contribution >= 0.6 is 0 Å². The van der Waals surface area contributed by atoms with Crippen molar-refractivity contribution in [2.75, 3.05) is 5.32 Å². The van der Waals surface area contributed by atoms with E-state index in [1.54, 1.807) is 13.0 Å². The number of hydrogen-bond donors (Lipinski definition) is 3. The van der Waals surface area contributed by atoms with Crippen LogP contribution in [0, 0.1) is 6.92 Å². The molecule has 0 radical (unpaired) electrons. The summed E-state index contributed by atoms with van der Waals surface area (Å²) in [4.78, 5) is 26.7. The Kier molecular flexibility index (Phi) is 2.94. The van der Waals surface area contributed by atoms with Crippen LogP contribution in [0.5, 0.6) is 0 Å². The third kappa shape index (κ3) is 1.90. The van der Waals surface area contributed by atoms with Crippen LogP contribution in [0.4, 0.5) is 5.82 Å². The lowest BCUT2D eigenvalue weighted by Gasteiger charge is -2.39. The molecule has 1 fully saturated rings. The highest BCUT2D eigenvalue weighted by Crippen LogP contribution is 2.36. The first-order chi connectivity index (χ1) is 8.46. The summed E-state index contributed by atoms with van der Waals surface area (Å²) >= 11 is 0. The van der Waals surface area contributed by atoms with E-state index < -0.39 is 17.4 Å². The average molecular weight is 249 g/mol. The van der Waals surface area contributed by atoms with Gasteiger partial charge in [0.25, 0.3) is 5.91 Å². The van der Waals surface area contributed by atoms with Crippen LogP contribution in [-0.2, 0) is 4.79 Å². The molecule has 0 atom stereocenters. The minimum absolute atomic E-state index is 0.254. The highest BCUT2D eigenvalue weighted by molar-refractivity contribution is 5.99. The standard InChI is InChI=1S/C12H15N3O3/c1-7-3-6-14-10(8(7)9(13)16)15-12(11(17)18)4-2-5-12/h3,6H,2,4-5H2,1H3,(H2,13,16)(H,14,15)(H,17,18). The number of carboxylic acids is 1. The van der Waals surface area contributed by atoms with Crippen molar-refractivity contribution in [2.24, 2.45) is 5.73 Å². The molecular formula is C12H15N3O3. The first-order valence-corrected chi connectivity index (χ1v) is 5.73. The van der Waals surface area contributed by atoms with Gasteiger partial charge in [-0.15, -0.1) is 0 Å². The minimum Gasteiger partial charge on any atom is -0.480 e. The van der Waals surface area contributed by atoms with Gasteiger partial charge in [-0.05, 0) is 37.8 Å². The summed E-state index contributed by atoms with van der Waals surface area (Å²) < 4.78 is 0. The molecule has 1 aliphatic rings. The van der Waals surface area contributed by atoms with Crippen molar-refractivity contribution in [1.29, 1.82) is 0 Å². The van der Waals surface area contributed by atoms with Crippen LogP contribution in [0.25, 0.3) is 0 Å². The van der Waals surface area contributed by atoms with E-state index in [-0.39, 0.29) is 11.4 Å². The predicted molar refractivity (Wildman–Crippen MR) is 65.3 cm³/mol. The Hall–Kier alpha value is -2.11. The number of aryl methyl sites for hydroxylation is 1. The minimum atomic E-state index is -1.01. The van der Waals surface area contributed by atoms with Gasteiger partial charge in [-0.25, -0.2) is 9.78 Å². The number of nitrogens with one attached hydrogen (secondary N) is 1. The molecule has 6 nitrogen and oxygen atoms in total. The molecule has 0 bridgehead atoms. The maximum Gasteiger partial charge on any atom is 0.329 e. The van der Waals surface area contributed by atoms with Crippen molar-refractivity contribution < 1.29 is 14.7 Å². The van der Waals surface area contributed by atoms with E-state index in [9.17, 15) is 14.7 Å². The van der Waals surface area contributed by atoms with E-state index in [4.69, 9.17) is 5.73 Å². The molecule has 2 rings (SSSR count). The highest BCUT2D eigenvalue weighted by atomic mass is 16.4. The summed E-state index contributed by atoms with van der Waals surface area (Å²) in [5.74, 6) is -1.28. The molecule has 1 aliphatic carbocycles. The number of rotatable bonds is 4. The molecule has 0 unspecified atom stereocenters. The quantitative estimate of drug-likeness (QED) is 0.735. The SMILES string of the molecule is Cc1ccnc(NC2(C(=O)O)CCC2)c1C(N)=O. The number of hydrogen-bond acceptors (Lipinski definition) is 4. The number of primary amides is 1. The molecule has 1 heterocycles. The fourth-order valence-electron chi connectivity index (χ4n) is 2.11. The van der Waals surface area contributed by atoms with Crippen molar-refractivity contribution in [2.45, 2.75) is 31.7 Å². The van der Waals surface area contributed by atoms with E-state index in [2.05, 4.69) is 10.3 Å². The van der Waals surface area contributed by atoms with Gasteiger partial charge in [0.05, 0.1) is 5.56 Å². The van der Waals surface area contributed by atoms with Crippen LogP contribution in [0.3, 0.4) is 0 Å². The number of carboxylic acid groups (broad SMARTS) is 1. The lowest BCUT2D eigenvalue weighted by atomic mass is 9.76. The summed E-state index contributed by atoms with van der Waals surface area (Å²) in [5, 5.41) is 12.1. The van der Waals surface area contributed by atoms with E-state index in [0.717, 1.165) is 6.42 Å². The van der Waals surface area contributed by atoms with Gasteiger partial charge in [-0.2, -0.15) is 0 Å². The fraction of sp³-hybridized carbons (Fsp3) is 0.417. The van der Waals surface area contributed by atoms with Crippen molar-refractivity contribution in [1.82, 2.24) is 4.98 Å². The topological polar surface area (TPSA) is 105 Å². The zero-order valence-electron chi connectivity index (χ0n) is 10.1. The Balaban J connectivity index is 2.37. The maximum atomic E-state index is 11.4. The Morgan fingerprint density at radius 3 is 2.61 bits per heavy atom. The lowest BCUT2D eigenvalue weighted by molar-refractivity contribution is -0.145. The van der Waals surface area contributed by atoms with Gasteiger partial charge in [0.15, 0.2) is 0 Å². The summed E-state index contributed by atoms with van der Waals surface area (Å²) in [7, 11) is 0. The van der Waals surface area contributed by atoms with Gasteiger partial charge in [0, 0.05) is 6.20 Å². The second kappa shape index (κ2) is 4.29. The normalized spacial score (nSPS) is 16.7. The number of anilines is 1. The summed E-state index contributed by atoms with van der Waals surface area (Å²) in [6.07, 6.45) is 3.42. The first-order valence-electron chi connectivity index (χ1n) is 5.73. The van der Waals surface area contributed by atoms with Crippen molar-refractivity contribution in [3.05, 3.63) is 23.4 Å². The highest BCUT2D eigenvalue weighted by Gasteiger charge is 2.45. The molecule has 1 aromatic heterocycles. The van der Waals surface area contributed by atoms with Crippen molar-refractivity contribution >= 4 is 17.7 Å². The smallest absolute Gasteiger partial charge is 0.329 e. The lowest BCUT2D eigenvalue weighted by Crippen LogP contribution is -2.52. The number of nitrogens with two attached hydrogens (primary N) is 1. The molecule has 0 spiro atoms. The maximum absolute atomic E-state index is 11.4. The van der Waals surface area contributed by atoms with E-state index in [1.807, 2.05) is 0 Å². The number of amides is 1. The Morgan fingerprint density at radius 2 is 2.17 bits per heavy atom. The van der Waals surface area contributed by atoms with Gasteiger partial charge in [-0.3, -0.25) is 4.79 Å². The van der Waals surface area contributed by atoms with Gasteiger partial charge in [-0.1, -0.05) is 0 Å². The van der Waals surface area contributed by atoms with Crippen LogP contribution < -0.4 is 11.1 Å². The first kappa shape index (κ1) is 12.3. The van der Waals surface area contributed by atoms with Crippen LogP contribution in [0.1, 0.15) is 35.2 Å². The van der Waals surface area contributed by atoms with E-state index in [1.165, 1.54) is 6.20 Å². The second-order valence-electron chi connectivity index (χ2n) is 4.58. The zero-order chi connectivity index (χ0) is 13.3. The van der Waals surface area contributed by atoms with Gasteiger partial charge in [0.1, 0.15) is 11.4 Å². The Bertz CT molecular complexity index is 509. The molecular weight excluding hydrogens is 234 g/mol. The molecule has 4 N–H and O–H groups in total. The second-order valence-corrected chi connectivity index (χ2v) is 4.58. The number of pyridine rings is 1. The van der Waals surface area contributed by atoms with Gasteiger partial charge < -0.3 is 16.2 Å². The number of nitrogens with zero attached hydrogens (tertiary/aromatic N) is 1. The van der Waals surface area contributed by atoms with Gasteiger partial charge >= 0.3 is 5.97 Å². The number of carbonyl (C=O) groups is 2. The van der Waals surface area contributed by atoms with Crippen LogP contribution in [0.15, 0.2) is 12.3 Å². The fourth-order valence-corrected chi connectivity index (χ4v) is 2.11. The molecule has 1 aromatic rings. The number of aromatic nitrogens is 1. The largest absolute Gasteiger partial charge is 0.480 e. The van der Waals surface area contributed by atoms with Crippen molar-refractivity contribution in [3.8, 4) is 0 Å². The van der Waals surface area contributed by atoms with Crippen LogP contribution in [0.2, 0.25) is 0 Å². The number of carbonyl (C=O) groups excluding carboxylic acids is 1. The van der Waals surface area contributed by atoms with Crippen LogP contribution in [-0.4, -0.2) is 27.5 Å². The molecule has 6 heteroatoms. The van der Waals surface area contributed by atoms with Gasteiger partial charge in [0.2, 0.25) is 0 Å². The molecule has 0 aromatic carbocycles. The monoisotopic (exact) mass is 249 g/mol. The Labute approximate surface area is 104 Å². The Morgan fingerprint density at radius 1 is 1.50 bits per heavy atom. The average Bonchev–Trinajstić information content (AvgIpc) is 2.22. The molecule has 18 heavy (non-hydrogen) atoms. The molecule has 0 aliphatic heterocycles.